The van der Waals surface area contributed by atoms with E-state index in [1.807, 2.05) is 43.3 Å². The minimum Gasteiger partial charge on any atom is -0.385 e. The van der Waals surface area contributed by atoms with Gasteiger partial charge in [0, 0.05) is 0 Å². The first-order valence-corrected chi connectivity index (χ1v) is 8.73. The van der Waals surface area contributed by atoms with Crippen LogP contribution < -0.4 is 5.32 Å². The maximum Gasteiger partial charge on any atom is 0.0886 e. The predicted molar refractivity (Wildman–Crippen MR) is 102 cm³/mol. The molecule has 0 aliphatic rings. The fraction of sp³-hybridized carbons (Fsp3) is 0.429. The van der Waals surface area contributed by atoms with Gasteiger partial charge in [0.2, 0.25) is 0 Å². The molecule has 0 aliphatic carbocycles. The molecule has 130 valence electrons. The molecule has 0 radical (unpaired) electrons. The first kappa shape index (κ1) is 18.7. The van der Waals surface area contributed by atoms with E-state index >= 15 is 0 Å². The second-order valence-electron chi connectivity index (χ2n) is 6.84. The zero-order chi connectivity index (χ0) is 17.4. The van der Waals surface area contributed by atoms with Crippen molar-refractivity contribution in [1.82, 2.24) is 10.2 Å². The van der Waals surface area contributed by atoms with E-state index in [1.54, 1.807) is 0 Å². The van der Waals surface area contributed by atoms with Crippen LogP contribution in [0.2, 0.25) is 0 Å². The Morgan fingerprint density at radius 3 is 2.33 bits per heavy atom. The summed E-state index contributed by atoms with van der Waals surface area (Å²) in [5.74, 6) is 0. The Kier molecular flexibility index (Phi) is 6.98. The fourth-order valence-electron chi connectivity index (χ4n) is 2.93. The largest absolute Gasteiger partial charge is 0.385 e. The Morgan fingerprint density at radius 2 is 1.62 bits per heavy atom. The summed E-state index contributed by atoms with van der Waals surface area (Å²) in [5.41, 5.74) is 2.40. The molecule has 2 rings (SSSR count). The molecule has 0 heterocycles. The number of nitrogens with zero attached hydrogens (tertiary/aromatic N) is 1. The van der Waals surface area contributed by atoms with Crippen molar-refractivity contribution in [1.29, 1.82) is 0 Å². The molecule has 0 saturated heterocycles. The van der Waals surface area contributed by atoms with Gasteiger partial charge in [-0.25, -0.2) is 0 Å². The number of aliphatic hydroxyl groups is 1. The van der Waals surface area contributed by atoms with Gasteiger partial charge in [-0.3, -0.25) is 0 Å². The fourth-order valence-corrected chi connectivity index (χ4v) is 2.93. The molecule has 0 amide bonds. The molecule has 0 spiro atoms. The first-order valence-electron chi connectivity index (χ1n) is 8.73. The molecule has 1 unspecified atom stereocenters. The van der Waals surface area contributed by atoms with E-state index in [9.17, 15) is 5.11 Å². The lowest BCUT2D eigenvalue weighted by Crippen LogP contribution is -2.29. The summed E-state index contributed by atoms with van der Waals surface area (Å²) in [5, 5.41) is 14.5. The molecule has 2 N–H and O–H groups in total. The lowest BCUT2D eigenvalue weighted by molar-refractivity contribution is 0.0486. The van der Waals surface area contributed by atoms with E-state index in [4.69, 9.17) is 0 Å². The SMILES string of the molecule is CN(C)CCCNCCC(C)(O)c1ccccc1-c1ccccc1. The van der Waals surface area contributed by atoms with Crippen LogP contribution >= 0.6 is 0 Å². The maximum atomic E-state index is 11.0. The second kappa shape index (κ2) is 8.97. The van der Waals surface area contributed by atoms with Gasteiger partial charge in [-0.05, 0) is 70.2 Å². The minimum absolute atomic E-state index is 0.693. The highest BCUT2D eigenvalue weighted by atomic mass is 16.3. The minimum atomic E-state index is -0.846. The van der Waals surface area contributed by atoms with E-state index in [0.29, 0.717) is 6.42 Å². The summed E-state index contributed by atoms with van der Waals surface area (Å²) in [4.78, 5) is 2.19. The van der Waals surface area contributed by atoms with Crippen LogP contribution in [0.15, 0.2) is 54.6 Å². The topological polar surface area (TPSA) is 35.5 Å². The number of nitrogens with one attached hydrogen (secondary N) is 1. The van der Waals surface area contributed by atoms with Crippen LogP contribution in [-0.4, -0.2) is 43.7 Å². The monoisotopic (exact) mass is 326 g/mol. The van der Waals surface area contributed by atoms with Gasteiger partial charge in [0.15, 0.2) is 0 Å². The van der Waals surface area contributed by atoms with Crippen LogP contribution in [0.25, 0.3) is 11.1 Å². The van der Waals surface area contributed by atoms with Gasteiger partial charge in [-0.15, -0.1) is 0 Å². The van der Waals surface area contributed by atoms with E-state index < -0.39 is 5.60 Å². The molecule has 0 aliphatic heterocycles. The molecule has 24 heavy (non-hydrogen) atoms. The molecule has 2 aromatic carbocycles. The summed E-state index contributed by atoms with van der Waals surface area (Å²) in [7, 11) is 4.18. The average Bonchev–Trinajstić information content (AvgIpc) is 2.58. The Morgan fingerprint density at radius 1 is 0.958 bits per heavy atom. The average molecular weight is 326 g/mol. The van der Waals surface area contributed by atoms with Gasteiger partial charge in [-0.1, -0.05) is 54.6 Å². The molecular weight excluding hydrogens is 296 g/mol. The van der Waals surface area contributed by atoms with Crippen molar-refractivity contribution in [3.63, 3.8) is 0 Å². The zero-order valence-electron chi connectivity index (χ0n) is 15.1. The van der Waals surface area contributed by atoms with Gasteiger partial charge in [0.1, 0.15) is 0 Å². The van der Waals surface area contributed by atoms with E-state index in [2.05, 4.69) is 42.5 Å². The molecule has 0 bridgehead atoms. The van der Waals surface area contributed by atoms with Crippen LogP contribution in [0.1, 0.15) is 25.3 Å². The van der Waals surface area contributed by atoms with Gasteiger partial charge in [0.05, 0.1) is 5.60 Å². The first-order chi connectivity index (χ1) is 11.5. The highest BCUT2D eigenvalue weighted by Crippen LogP contribution is 2.33. The lowest BCUT2D eigenvalue weighted by Gasteiger charge is -2.27. The van der Waals surface area contributed by atoms with Crippen molar-refractivity contribution in [2.24, 2.45) is 0 Å². The van der Waals surface area contributed by atoms with E-state index in [-0.39, 0.29) is 0 Å². The van der Waals surface area contributed by atoms with E-state index in [0.717, 1.165) is 42.7 Å². The lowest BCUT2D eigenvalue weighted by atomic mass is 9.86. The summed E-state index contributed by atoms with van der Waals surface area (Å²) in [6.07, 6.45) is 1.81. The third kappa shape index (κ3) is 5.45. The molecule has 3 heteroatoms. The number of hydrogen-bond acceptors (Lipinski definition) is 3. The number of hydrogen-bond donors (Lipinski definition) is 2. The summed E-state index contributed by atoms with van der Waals surface area (Å²) in [6, 6.07) is 18.4. The Bertz CT molecular complexity index is 608. The quantitative estimate of drug-likeness (QED) is 0.693. The Hall–Kier alpha value is -1.68. The van der Waals surface area contributed by atoms with Crippen molar-refractivity contribution in [2.75, 3.05) is 33.7 Å². The van der Waals surface area contributed by atoms with Crippen molar-refractivity contribution < 1.29 is 5.11 Å². The molecule has 1 atom stereocenters. The van der Waals surface area contributed by atoms with Crippen LogP contribution in [0, 0.1) is 0 Å². The van der Waals surface area contributed by atoms with Crippen molar-refractivity contribution >= 4 is 0 Å². The third-order valence-electron chi connectivity index (χ3n) is 4.34. The standard InChI is InChI=1S/C21H30N2O/c1-21(24,14-16-22-15-9-17-23(2)3)20-13-8-7-12-19(20)18-10-5-4-6-11-18/h4-8,10-13,22,24H,9,14-17H2,1-3H3. The summed E-state index contributed by atoms with van der Waals surface area (Å²) in [6.45, 7) is 4.79. The highest BCUT2D eigenvalue weighted by Gasteiger charge is 2.25. The predicted octanol–water partition coefficient (Wildman–Crippen LogP) is 3.49. The van der Waals surface area contributed by atoms with Gasteiger partial charge in [-0.2, -0.15) is 0 Å². The van der Waals surface area contributed by atoms with Crippen LogP contribution in [0.4, 0.5) is 0 Å². The molecule has 3 nitrogen and oxygen atoms in total. The molecular formula is C21H30N2O. The van der Waals surface area contributed by atoms with Gasteiger partial charge < -0.3 is 15.3 Å². The smallest absolute Gasteiger partial charge is 0.0886 e. The third-order valence-corrected chi connectivity index (χ3v) is 4.34. The molecule has 0 saturated carbocycles. The van der Waals surface area contributed by atoms with Crippen LogP contribution in [0.5, 0.6) is 0 Å². The number of benzene rings is 2. The number of rotatable bonds is 9. The Labute approximate surface area is 146 Å². The zero-order valence-corrected chi connectivity index (χ0v) is 15.1. The van der Waals surface area contributed by atoms with E-state index in [1.165, 1.54) is 0 Å². The van der Waals surface area contributed by atoms with Crippen molar-refractivity contribution in [3.8, 4) is 11.1 Å². The van der Waals surface area contributed by atoms with Crippen LogP contribution in [0.3, 0.4) is 0 Å². The molecule has 0 aromatic heterocycles. The Balaban J connectivity index is 1.99. The van der Waals surface area contributed by atoms with Crippen molar-refractivity contribution in [2.45, 2.75) is 25.4 Å². The van der Waals surface area contributed by atoms with Gasteiger partial charge in [0.25, 0.3) is 0 Å². The molecule has 2 aromatic rings. The normalized spacial score (nSPS) is 13.9. The summed E-state index contributed by atoms with van der Waals surface area (Å²) >= 11 is 0. The highest BCUT2D eigenvalue weighted by molar-refractivity contribution is 5.68. The van der Waals surface area contributed by atoms with Gasteiger partial charge >= 0.3 is 0 Å². The molecule has 0 fully saturated rings. The van der Waals surface area contributed by atoms with Crippen LogP contribution in [-0.2, 0) is 5.60 Å². The van der Waals surface area contributed by atoms with Crippen molar-refractivity contribution in [3.05, 3.63) is 60.2 Å². The maximum absolute atomic E-state index is 11.0. The summed E-state index contributed by atoms with van der Waals surface area (Å²) < 4.78 is 0. The second-order valence-corrected chi connectivity index (χ2v) is 6.84.